The molecule has 0 unspecified atom stereocenters. The van der Waals surface area contributed by atoms with Crippen molar-refractivity contribution in [3.63, 3.8) is 0 Å². The van der Waals surface area contributed by atoms with Gasteiger partial charge >= 0.3 is 0 Å². The van der Waals surface area contributed by atoms with Crippen LogP contribution in [0.5, 0.6) is 0 Å². The summed E-state index contributed by atoms with van der Waals surface area (Å²) in [5.41, 5.74) is 1.25. The molecule has 5 nitrogen and oxygen atoms in total. The summed E-state index contributed by atoms with van der Waals surface area (Å²) < 4.78 is 0. The van der Waals surface area contributed by atoms with Crippen LogP contribution in [0.4, 0.5) is 5.69 Å². The van der Waals surface area contributed by atoms with Crippen molar-refractivity contribution in [2.24, 2.45) is 0 Å². The van der Waals surface area contributed by atoms with Crippen LogP contribution in [0.1, 0.15) is 48.0 Å². The molecule has 108 valence electrons. The lowest BCUT2D eigenvalue weighted by molar-refractivity contribution is -0.384. The molecule has 1 amide bonds. The molecule has 1 aliphatic carbocycles. The largest absolute Gasteiger partial charge is 0.339 e. The van der Waals surface area contributed by atoms with Gasteiger partial charge in [0.1, 0.15) is 0 Å². The summed E-state index contributed by atoms with van der Waals surface area (Å²) in [6, 6.07) is 4.72. The molecular weight excluding hydrogens is 256 g/mol. The number of benzene rings is 1. The first kappa shape index (κ1) is 14.5. The molecule has 1 fully saturated rings. The normalized spacial score (nSPS) is 15.9. The van der Waals surface area contributed by atoms with Gasteiger partial charge in [0.2, 0.25) is 0 Å². The molecule has 0 aliphatic heterocycles. The minimum Gasteiger partial charge on any atom is -0.339 e. The van der Waals surface area contributed by atoms with Crippen LogP contribution in [-0.4, -0.2) is 28.8 Å². The molecule has 2 rings (SSSR count). The van der Waals surface area contributed by atoms with Crippen molar-refractivity contribution >= 4 is 11.6 Å². The van der Waals surface area contributed by atoms with E-state index in [0.29, 0.717) is 17.2 Å². The number of non-ortho nitro benzene ring substituents is 1. The highest BCUT2D eigenvalue weighted by Crippen LogP contribution is 2.24. The Kier molecular flexibility index (Phi) is 4.37. The van der Waals surface area contributed by atoms with Crippen molar-refractivity contribution in [3.05, 3.63) is 39.4 Å². The fraction of sp³-hybridized carbons (Fsp3) is 0.533. The van der Waals surface area contributed by atoms with E-state index < -0.39 is 4.92 Å². The minimum absolute atomic E-state index is 0.0272. The number of hydrogen-bond donors (Lipinski definition) is 0. The van der Waals surface area contributed by atoms with Gasteiger partial charge < -0.3 is 4.90 Å². The predicted octanol–water partition coefficient (Wildman–Crippen LogP) is 3.31. The molecule has 20 heavy (non-hydrogen) atoms. The summed E-state index contributed by atoms with van der Waals surface area (Å²) in [4.78, 5) is 24.6. The van der Waals surface area contributed by atoms with Gasteiger partial charge in [0.25, 0.3) is 11.6 Å². The van der Waals surface area contributed by atoms with Gasteiger partial charge in [-0.1, -0.05) is 19.3 Å². The van der Waals surface area contributed by atoms with Crippen LogP contribution in [0.15, 0.2) is 18.2 Å². The molecule has 0 saturated heterocycles. The molecule has 5 heteroatoms. The first-order valence-corrected chi connectivity index (χ1v) is 7.03. The number of carbonyl (C=O) groups is 1. The zero-order valence-corrected chi connectivity index (χ0v) is 12.0. The van der Waals surface area contributed by atoms with E-state index in [9.17, 15) is 14.9 Å². The Bertz CT molecular complexity index is 522. The van der Waals surface area contributed by atoms with E-state index >= 15 is 0 Å². The number of nitrogens with zero attached hydrogens (tertiary/aromatic N) is 2. The van der Waals surface area contributed by atoms with E-state index in [2.05, 4.69) is 0 Å². The zero-order chi connectivity index (χ0) is 14.7. The Morgan fingerprint density at radius 1 is 1.30 bits per heavy atom. The van der Waals surface area contributed by atoms with Gasteiger partial charge in [-0.15, -0.1) is 0 Å². The number of amides is 1. The second kappa shape index (κ2) is 6.03. The van der Waals surface area contributed by atoms with Crippen LogP contribution < -0.4 is 0 Å². The lowest BCUT2D eigenvalue weighted by Crippen LogP contribution is -2.38. The molecule has 0 N–H and O–H groups in total. The number of aryl methyl sites for hydroxylation is 1. The average Bonchev–Trinajstić information content (AvgIpc) is 2.46. The van der Waals surface area contributed by atoms with Crippen molar-refractivity contribution in [3.8, 4) is 0 Å². The monoisotopic (exact) mass is 276 g/mol. The summed E-state index contributed by atoms with van der Waals surface area (Å²) in [6.45, 7) is 1.74. The van der Waals surface area contributed by atoms with Gasteiger partial charge in [-0.05, 0) is 31.4 Å². The lowest BCUT2D eigenvalue weighted by Gasteiger charge is -2.31. The summed E-state index contributed by atoms with van der Waals surface area (Å²) in [5, 5.41) is 10.7. The number of nitro groups is 1. The summed E-state index contributed by atoms with van der Waals surface area (Å²) in [7, 11) is 1.83. The van der Waals surface area contributed by atoms with E-state index in [0.717, 1.165) is 12.8 Å². The van der Waals surface area contributed by atoms with Gasteiger partial charge in [0.05, 0.1) is 4.92 Å². The highest BCUT2D eigenvalue weighted by atomic mass is 16.6. The van der Waals surface area contributed by atoms with Crippen LogP contribution in [-0.2, 0) is 0 Å². The van der Waals surface area contributed by atoms with Crippen LogP contribution in [0, 0.1) is 17.0 Å². The summed E-state index contributed by atoms with van der Waals surface area (Å²) in [6.07, 6.45) is 5.68. The van der Waals surface area contributed by atoms with Crippen molar-refractivity contribution in [1.29, 1.82) is 0 Å². The first-order valence-electron chi connectivity index (χ1n) is 7.03. The molecule has 1 aromatic carbocycles. The molecule has 0 heterocycles. The van der Waals surface area contributed by atoms with E-state index in [4.69, 9.17) is 0 Å². The standard InChI is InChI=1S/C15H20N2O3/c1-11-10-13(17(19)20)8-9-14(11)15(18)16(2)12-6-4-3-5-7-12/h8-10,12H,3-7H2,1-2H3. The SMILES string of the molecule is Cc1cc([N+](=O)[O-])ccc1C(=O)N(C)C1CCCCC1. The fourth-order valence-corrected chi connectivity index (χ4v) is 2.83. The second-order valence-corrected chi connectivity index (χ2v) is 5.46. The summed E-state index contributed by atoms with van der Waals surface area (Å²) >= 11 is 0. The number of rotatable bonds is 3. The van der Waals surface area contributed by atoms with Crippen LogP contribution in [0.25, 0.3) is 0 Å². The Labute approximate surface area is 118 Å². The van der Waals surface area contributed by atoms with Gasteiger partial charge in [0, 0.05) is 30.8 Å². The second-order valence-electron chi connectivity index (χ2n) is 5.46. The molecule has 0 aromatic heterocycles. The summed E-state index contributed by atoms with van der Waals surface area (Å²) in [5.74, 6) is -0.0377. The fourth-order valence-electron chi connectivity index (χ4n) is 2.83. The lowest BCUT2D eigenvalue weighted by atomic mass is 9.94. The Hall–Kier alpha value is -1.91. The average molecular weight is 276 g/mol. The van der Waals surface area contributed by atoms with E-state index in [-0.39, 0.29) is 11.6 Å². The maximum absolute atomic E-state index is 12.5. The van der Waals surface area contributed by atoms with Crippen molar-refractivity contribution in [2.75, 3.05) is 7.05 Å². The van der Waals surface area contributed by atoms with Crippen LogP contribution in [0.2, 0.25) is 0 Å². The maximum Gasteiger partial charge on any atom is 0.269 e. The third-order valence-electron chi connectivity index (χ3n) is 4.09. The topological polar surface area (TPSA) is 63.5 Å². The van der Waals surface area contributed by atoms with Gasteiger partial charge in [-0.25, -0.2) is 0 Å². The van der Waals surface area contributed by atoms with Gasteiger partial charge in [-0.2, -0.15) is 0 Å². The highest BCUT2D eigenvalue weighted by Gasteiger charge is 2.24. The maximum atomic E-state index is 12.5. The smallest absolute Gasteiger partial charge is 0.269 e. The number of hydrogen-bond acceptors (Lipinski definition) is 3. The number of nitro benzene ring substituents is 1. The highest BCUT2D eigenvalue weighted by molar-refractivity contribution is 5.96. The van der Waals surface area contributed by atoms with E-state index in [1.807, 2.05) is 7.05 Å². The predicted molar refractivity (Wildman–Crippen MR) is 76.8 cm³/mol. The Morgan fingerprint density at radius 3 is 2.50 bits per heavy atom. The molecule has 1 aliphatic rings. The van der Waals surface area contributed by atoms with Crippen LogP contribution in [0.3, 0.4) is 0 Å². The van der Waals surface area contributed by atoms with Gasteiger partial charge in [-0.3, -0.25) is 14.9 Å². The zero-order valence-electron chi connectivity index (χ0n) is 12.0. The quantitative estimate of drug-likeness (QED) is 0.628. The van der Waals surface area contributed by atoms with Crippen LogP contribution >= 0.6 is 0 Å². The number of carbonyl (C=O) groups excluding carboxylic acids is 1. The van der Waals surface area contributed by atoms with Crippen molar-refractivity contribution in [1.82, 2.24) is 4.90 Å². The molecule has 0 atom stereocenters. The molecule has 1 aromatic rings. The van der Waals surface area contributed by atoms with Gasteiger partial charge in [0.15, 0.2) is 0 Å². The molecule has 0 radical (unpaired) electrons. The molecule has 0 bridgehead atoms. The van der Waals surface area contributed by atoms with E-state index in [1.165, 1.54) is 31.4 Å². The Morgan fingerprint density at radius 2 is 1.95 bits per heavy atom. The third kappa shape index (κ3) is 2.98. The first-order chi connectivity index (χ1) is 9.50. The Balaban J connectivity index is 2.17. The molecule has 1 saturated carbocycles. The molecular formula is C15H20N2O3. The van der Waals surface area contributed by atoms with Crippen molar-refractivity contribution in [2.45, 2.75) is 45.1 Å². The van der Waals surface area contributed by atoms with E-state index in [1.54, 1.807) is 17.9 Å². The van der Waals surface area contributed by atoms with Crippen molar-refractivity contribution < 1.29 is 9.72 Å². The third-order valence-corrected chi connectivity index (χ3v) is 4.09. The molecule has 0 spiro atoms. The minimum atomic E-state index is -0.438.